The first-order valence-corrected chi connectivity index (χ1v) is 6.13. The molecule has 1 heterocycles. The summed E-state index contributed by atoms with van der Waals surface area (Å²) in [6.07, 6.45) is 1.30. The first-order valence-electron chi connectivity index (χ1n) is 5.34. The van der Waals surface area contributed by atoms with Gasteiger partial charge in [0.25, 0.3) is 5.91 Å². The van der Waals surface area contributed by atoms with Crippen LogP contribution in [0.4, 0.5) is 5.69 Å². The fourth-order valence-electron chi connectivity index (χ4n) is 1.33. The largest absolute Gasteiger partial charge is 0.446 e. The third kappa shape index (κ3) is 2.96. The smallest absolute Gasteiger partial charge is 0.277 e. The molecular weight excluding hydrogens is 298 g/mol. The van der Waals surface area contributed by atoms with Crippen molar-refractivity contribution in [1.82, 2.24) is 4.98 Å². The molecule has 2 rings (SSSR count). The number of carbonyl (C=O) groups excluding carboxylic acids is 1. The highest BCUT2D eigenvalue weighted by Crippen LogP contribution is 2.15. The maximum Gasteiger partial charge on any atom is 0.277 e. The summed E-state index contributed by atoms with van der Waals surface area (Å²) in [7, 11) is 0. The monoisotopic (exact) mass is 309 g/mol. The zero-order valence-corrected chi connectivity index (χ0v) is 11.3. The molecule has 0 saturated carbocycles. The number of aromatic nitrogens is 1. The average Bonchev–Trinajstić information content (AvgIpc) is 2.81. The van der Waals surface area contributed by atoms with Gasteiger partial charge < -0.3 is 15.5 Å². The number of halogens is 1. The SMILES string of the molecule is CC(N)c1nc(C(=O)Nc2ccc(Br)cc2)co1. The quantitative estimate of drug-likeness (QED) is 0.913. The molecule has 0 saturated heterocycles. The van der Waals surface area contributed by atoms with Gasteiger partial charge in [0, 0.05) is 10.2 Å². The molecule has 1 amide bonds. The minimum absolute atomic E-state index is 0.213. The number of anilines is 1. The van der Waals surface area contributed by atoms with E-state index in [9.17, 15) is 4.79 Å². The Hall–Kier alpha value is -1.66. The van der Waals surface area contributed by atoms with Gasteiger partial charge in [-0.25, -0.2) is 4.98 Å². The normalized spacial score (nSPS) is 12.2. The molecule has 0 radical (unpaired) electrons. The first-order chi connectivity index (χ1) is 8.56. The Bertz CT molecular complexity index is 549. The van der Waals surface area contributed by atoms with Crippen molar-refractivity contribution >= 4 is 27.5 Å². The van der Waals surface area contributed by atoms with Crippen molar-refractivity contribution in [3.63, 3.8) is 0 Å². The number of carbonyl (C=O) groups is 1. The summed E-state index contributed by atoms with van der Waals surface area (Å²) >= 11 is 3.32. The van der Waals surface area contributed by atoms with Crippen LogP contribution in [-0.4, -0.2) is 10.9 Å². The second-order valence-corrected chi connectivity index (χ2v) is 4.74. The van der Waals surface area contributed by atoms with Crippen molar-refractivity contribution in [3.05, 3.63) is 46.6 Å². The molecule has 94 valence electrons. The molecule has 0 spiro atoms. The molecule has 1 aromatic carbocycles. The Labute approximate surface area is 113 Å². The van der Waals surface area contributed by atoms with E-state index in [0.717, 1.165) is 4.47 Å². The maximum absolute atomic E-state index is 11.8. The van der Waals surface area contributed by atoms with Crippen molar-refractivity contribution in [2.75, 3.05) is 5.32 Å². The lowest BCUT2D eigenvalue weighted by Crippen LogP contribution is -2.13. The fourth-order valence-corrected chi connectivity index (χ4v) is 1.59. The van der Waals surface area contributed by atoms with E-state index < -0.39 is 0 Å². The molecule has 1 unspecified atom stereocenters. The lowest BCUT2D eigenvalue weighted by Gasteiger charge is -2.02. The van der Waals surface area contributed by atoms with Crippen LogP contribution in [0.1, 0.15) is 29.3 Å². The van der Waals surface area contributed by atoms with Crippen LogP contribution < -0.4 is 11.1 Å². The summed E-state index contributed by atoms with van der Waals surface area (Å²) in [4.78, 5) is 15.9. The van der Waals surface area contributed by atoms with Gasteiger partial charge in [0.1, 0.15) is 6.26 Å². The number of nitrogens with one attached hydrogen (secondary N) is 1. The van der Waals surface area contributed by atoms with Gasteiger partial charge in [0.05, 0.1) is 6.04 Å². The van der Waals surface area contributed by atoms with E-state index >= 15 is 0 Å². The number of hydrogen-bond acceptors (Lipinski definition) is 4. The van der Waals surface area contributed by atoms with E-state index in [1.807, 2.05) is 12.1 Å². The van der Waals surface area contributed by atoms with Crippen LogP contribution in [0, 0.1) is 0 Å². The second-order valence-electron chi connectivity index (χ2n) is 3.82. The summed E-state index contributed by atoms with van der Waals surface area (Å²) in [5.74, 6) is 0.0175. The highest BCUT2D eigenvalue weighted by atomic mass is 79.9. The van der Waals surface area contributed by atoms with Gasteiger partial charge in [-0.2, -0.15) is 0 Å². The zero-order chi connectivity index (χ0) is 13.1. The van der Waals surface area contributed by atoms with Gasteiger partial charge in [-0.1, -0.05) is 15.9 Å². The van der Waals surface area contributed by atoms with Crippen LogP contribution in [0.3, 0.4) is 0 Å². The molecule has 0 fully saturated rings. The van der Waals surface area contributed by atoms with Crippen LogP contribution in [0.2, 0.25) is 0 Å². The third-order valence-corrected chi connectivity index (χ3v) is 2.77. The minimum Gasteiger partial charge on any atom is -0.446 e. The molecule has 0 aliphatic rings. The Morgan fingerprint density at radius 3 is 2.67 bits per heavy atom. The van der Waals surface area contributed by atoms with E-state index in [1.54, 1.807) is 19.1 Å². The van der Waals surface area contributed by atoms with Crippen LogP contribution in [-0.2, 0) is 0 Å². The van der Waals surface area contributed by atoms with Gasteiger partial charge in [0.2, 0.25) is 5.89 Å². The number of nitrogens with zero attached hydrogens (tertiary/aromatic N) is 1. The van der Waals surface area contributed by atoms with E-state index in [-0.39, 0.29) is 17.6 Å². The van der Waals surface area contributed by atoms with Gasteiger partial charge in [-0.3, -0.25) is 4.79 Å². The number of rotatable bonds is 3. The van der Waals surface area contributed by atoms with Crippen molar-refractivity contribution in [2.45, 2.75) is 13.0 Å². The second kappa shape index (κ2) is 5.32. The summed E-state index contributed by atoms with van der Waals surface area (Å²) in [5.41, 5.74) is 6.50. The van der Waals surface area contributed by atoms with Gasteiger partial charge in [0.15, 0.2) is 5.69 Å². The molecule has 6 heteroatoms. The van der Waals surface area contributed by atoms with Gasteiger partial charge in [-0.15, -0.1) is 0 Å². The van der Waals surface area contributed by atoms with Crippen molar-refractivity contribution in [2.24, 2.45) is 5.73 Å². The van der Waals surface area contributed by atoms with Crippen LogP contribution in [0.15, 0.2) is 39.4 Å². The number of nitrogens with two attached hydrogens (primary N) is 1. The highest BCUT2D eigenvalue weighted by Gasteiger charge is 2.14. The lowest BCUT2D eigenvalue weighted by atomic mass is 10.3. The Kier molecular flexibility index (Phi) is 3.78. The molecule has 2 aromatic rings. The Balaban J connectivity index is 2.09. The topological polar surface area (TPSA) is 81.1 Å². The predicted molar refractivity (Wildman–Crippen MR) is 71.2 cm³/mol. The van der Waals surface area contributed by atoms with E-state index in [0.29, 0.717) is 11.6 Å². The van der Waals surface area contributed by atoms with Crippen molar-refractivity contribution < 1.29 is 9.21 Å². The van der Waals surface area contributed by atoms with Crippen molar-refractivity contribution in [3.8, 4) is 0 Å². The predicted octanol–water partition coefficient (Wildman–Crippen LogP) is 2.71. The van der Waals surface area contributed by atoms with Gasteiger partial charge >= 0.3 is 0 Å². The lowest BCUT2D eigenvalue weighted by molar-refractivity contribution is 0.102. The van der Waals surface area contributed by atoms with Crippen molar-refractivity contribution in [1.29, 1.82) is 0 Å². The Morgan fingerprint density at radius 2 is 2.11 bits per heavy atom. The highest BCUT2D eigenvalue weighted by molar-refractivity contribution is 9.10. The number of benzene rings is 1. The number of amides is 1. The zero-order valence-electron chi connectivity index (χ0n) is 9.68. The number of oxazole rings is 1. The van der Waals surface area contributed by atoms with Crippen LogP contribution in [0.25, 0.3) is 0 Å². The molecule has 0 aliphatic heterocycles. The van der Waals surface area contributed by atoms with Gasteiger partial charge in [-0.05, 0) is 31.2 Å². The summed E-state index contributed by atoms with van der Waals surface area (Å²) in [6, 6.07) is 6.92. The summed E-state index contributed by atoms with van der Waals surface area (Å²) < 4.78 is 6.05. The third-order valence-electron chi connectivity index (χ3n) is 2.25. The first kappa shape index (κ1) is 12.8. The van der Waals surface area contributed by atoms with E-state index in [2.05, 4.69) is 26.2 Å². The number of hydrogen-bond donors (Lipinski definition) is 2. The molecule has 0 bridgehead atoms. The van der Waals surface area contributed by atoms with E-state index in [1.165, 1.54) is 6.26 Å². The molecule has 5 nitrogen and oxygen atoms in total. The molecule has 18 heavy (non-hydrogen) atoms. The summed E-state index contributed by atoms with van der Waals surface area (Å²) in [6.45, 7) is 1.74. The Morgan fingerprint density at radius 1 is 1.44 bits per heavy atom. The maximum atomic E-state index is 11.8. The molecule has 1 aromatic heterocycles. The average molecular weight is 310 g/mol. The standard InChI is InChI=1S/C12H12BrN3O2/c1-7(14)12-16-10(6-18-12)11(17)15-9-4-2-8(13)3-5-9/h2-7H,14H2,1H3,(H,15,17). The molecule has 0 aliphatic carbocycles. The van der Waals surface area contributed by atoms with Crippen LogP contribution >= 0.6 is 15.9 Å². The molecular formula is C12H12BrN3O2. The van der Waals surface area contributed by atoms with E-state index in [4.69, 9.17) is 10.2 Å². The molecule has 3 N–H and O–H groups in total. The molecule has 1 atom stereocenters. The summed E-state index contributed by atoms with van der Waals surface area (Å²) in [5, 5.41) is 2.71. The van der Waals surface area contributed by atoms with Crippen LogP contribution in [0.5, 0.6) is 0 Å². The fraction of sp³-hybridized carbons (Fsp3) is 0.167. The minimum atomic E-state index is -0.334.